The first-order chi connectivity index (χ1) is 7.02. The van der Waals surface area contributed by atoms with Gasteiger partial charge in [0.1, 0.15) is 6.04 Å². The Morgan fingerprint density at radius 1 is 1.47 bits per heavy atom. The molecular formula is C9H18N2O4. The van der Waals surface area contributed by atoms with E-state index in [2.05, 4.69) is 5.32 Å². The predicted octanol–water partition coefficient (Wildman–Crippen LogP) is -0.127. The van der Waals surface area contributed by atoms with Crippen molar-refractivity contribution in [3.8, 4) is 0 Å². The molecule has 0 aliphatic rings. The highest BCUT2D eigenvalue weighted by Crippen LogP contribution is 1.98. The van der Waals surface area contributed by atoms with Crippen molar-refractivity contribution in [2.45, 2.75) is 25.8 Å². The lowest BCUT2D eigenvalue weighted by molar-refractivity contribution is -0.139. The largest absolute Gasteiger partial charge is 0.480 e. The lowest BCUT2D eigenvalue weighted by Gasteiger charge is -2.20. The molecule has 0 aromatic rings. The molecule has 88 valence electrons. The van der Waals surface area contributed by atoms with Gasteiger partial charge in [-0.2, -0.15) is 0 Å². The Hall–Kier alpha value is -1.30. The van der Waals surface area contributed by atoms with Crippen LogP contribution in [0.3, 0.4) is 0 Å². The maximum atomic E-state index is 11.4. The molecule has 0 heterocycles. The van der Waals surface area contributed by atoms with Crippen molar-refractivity contribution in [1.29, 1.82) is 0 Å². The SMILES string of the molecule is CCC[C@H](NC(=O)N(C)CCO)C(=O)O. The first-order valence-electron chi connectivity index (χ1n) is 4.88. The quantitative estimate of drug-likeness (QED) is 0.579. The number of aliphatic hydroxyl groups is 1. The summed E-state index contributed by atoms with van der Waals surface area (Å²) >= 11 is 0. The van der Waals surface area contributed by atoms with E-state index in [0.29, 0.717) is 12.8 Å². The Bertz CT molecular complexity index is 220. The molecule has 0 aliphatic carbocycles. The summed E-state index contributed by atoms with van der Waals surface area (Å²) in [4.78, 5) is 23.3. The molecule has 0 fully saturated rings. The van der Waals surface area contributed by atoms with E-state index in [4.69, 9.17) is 10.2 Å². The Kier molecular flexibility index (Phi) is 6.44. The molecule has 3 N–H and O–H groups in total. The van der Waals surface area contributed by atoms with Gasteiger partial charge in [0.25, 0.3) is 0 Å². The van der Waals surface area contributed by atoms with Gasteiger partial charge in [-0.25, -0.2) is 9.59 Å². The molecule has 0 aromatic carbocycles. The summed E-state index contributed by atoms with van der Waals surface area (Å²) in [5.41, 5.74) is 0. The second-order valence-corrected chi connectivity index (χ2v) is 3.27. The van der Waals surface area contributed by atoms with E-state index in [-0.39, 0.29) is 13.2 Å². The van der Waals surface area contributed by atoms with Gasteiger partial charge in [-0.15, -0.1) is 0 Å². The molecule has 0 aliphatic heterocycles. The van der Waals surface area contributed by atoms with Crippen LogP contribution in [0.4, 0.5) is 4.79 Å². The van der Waals surface area contributed by atoms with Crippen molar-refractivity contribution in [3.05, 3.63) is 0 Å². The Morgan fingerprint density at radius 3 is 2.47 bits per heavy atom. The maximum Gasteiger partial charge on any atom is 0.326 e. The zero-order chi connectivity index (χ0) is 11.8. The van der Waals surface area contributed by atoms with Crippen LogP contribution in [-0.2, 0) is 4.79 Å². The predicted molar refractivity (Wildman–Crippen MR) is 54.6 cm³/mol. The van der Waals surface area contributed by atoms with Crippen molar-refractivity contribution < 1.29 is 19.8 Å². The zero-order valence-electron chi connectivity index (χ0n) is 9.06. The van der Waals surface area contributed by atoms with Crippen molar-refractivity contribution in [2.24, 2.45) is 0 Å². The normalized spacial score (nSPS) is 11.9. The van der Waals surface area contributed by atoms with Gasteiger partial charge in [0.15, 0.2) is 0 Å². The number of aliphatic carboxylic acids is 1. The van der Waals surface area contributed by atoms with E-state index >= 15 is 0 Å². The number of carbonyl (C=O) groups is 2. The minimum absolute atomic E-state index is 0.143. The van der Waals surface area contributed by atoms with E-state index in [1.54, 1.807) is 0 Å². The Labute approximate surface area is 88.9 Å². The summed E-state index contributed by atoms with van der Waals surface area (Å²) in [5.74, 6) is -1.04. The lowest BCUT2D eigenvalue weighted by Crippen LogP contribution is -2.47. The van der Waals surface area contributed by atoms with Crippen molar-refractivity contribution in [3.63, 3.8) is 0 Å². The third-order valence-corrected chi connectivity index (χ3v) is 1.96. The number of hydrogen-bond donors (Lipinski definition) is 3. The highest BCUT2D eigenvalue weighted by atomic mass is 16.4. The van der Waals surface area contributed by atoms with Crippen LogP contribution in [0.1, 0.15) is 19.8 Å². The summed E-state index contributed by atoms with van der Waals surface area (Å²) in [5, 5.41) is 19.8. The molecule has 0 saturated carbocycles. The highest BCUT2D eigenvalue weighted by Gasteiger charge is 2.20. The van der Waals surface area contributed by atoms with E-state index in [1.165, 1.54) is 11.9 Å². The second kappa shape index (κ2) is 7.05. The number of carboxylic acid groups (broad SMARTS) is 1. The van der Waals surface area contributed by atoms with Gasteiger partial charge in [0.05, 0.1) is 6.61 Å². The number of nitrogens with zero attached hydrogens (tertiary/aromatic N) is 1. The van der Waals surface area contributed by atoms with E-state index < -0.39 is 18.0 Å². The van der Waals surface area contributed by atoms with Crippen LogP contribution >= 0.6 is 0 Å². The van der Waals surface area contributed by atoms with E-state index in [9.17, 15) is 9.59 Å². The van der Waals surface area contributed by atoms with Crippen LogP contribution < -0.4 is 5.32 Å². The van der Waals surface area contributed by atoms with Crippen LogP contribution in [0.5, 0.6) is 0 Å². The minimum atomic E-state index is -1.04. The third-order valence-electron chi connectivity index (χ3n) is 1.96. The molecule has 0 unspecified atom stereocenters. The molecule has 0 rings (SSSR count). The molecule has 0 aromatic heterocycles. The second-order valence-electron chi connectivity index (χ2n) is 3.27. The number of hydrogen-bond acceptors (Lipinski definition) is 3. The Morgan fingerprint density at radius 2 is 2.07 bits per heavy atom. The van der Waals surface area contributed by atoms with Crippen LogP contribution in [0.2, 0.25) is 0 Å². The van der Waals surface area contributed by atoms with Gasteiger partial charge in [0, 0.05) is 13.6 Å². The zero-order valence-corrected chi connectivity index (χ0v) is 9.06. The standard InChI is InChI=1S/C9H18N2O4/c1-3-4-7(8(13)14)10-9(15)11(2)5-6-12/h7,12H,3-6H2,1-2H3,(H,10,15)(H,13,14)/t7-/m0/s1. The molecule has 0 spiro atoms. The lowest BCUT2D eigenvalue weighted by atomic mass is 10.2. The maximum absolute atomic E-state index is 11.4. The fourth-order valence-corrected chi connectivity index (χ4v) is 1.06. The molecule has 0 radical (unpaired) electrons. The topological polar surface area (TPSA) is 89.9 Å². The molecule has 0 saturated heterocycles. The van der Waals surface area contributed by atoms with Gasteiger partial charge in [0.2, 0.25) is 0 Å². The van der Waals surface area contributed by atoms with Crippen molar-refractivity contribution >= 4 is 12.0 Å². The molecule has 2 amide bonds. The van der Waals surface area contributed by atoms with Crippen LogP contribution in [0, 0.1) is 0 Å². The molecule has 6 nitrogen and oxygen atoms in total. The van der Waals surface area contributed by atoms with Gasteiger partial charge < -0.3 is 20.4 Å². The summed E-state index contributed by atoms with van der Waals surface area (Å²) < 4.78 is 0. The molecule has 15 heavy (non-hydrogen) atoms. The number of carboxylic acids is 1. The molecule has 1 atom stereocenters. The van der Waals surface area contributed by atoms with E-state index in [1.807, 2.05) is 6.92 Å². The first-order valence-corrected chi connectivity index (χ1v) is 4.88. The fourth-order valence-electron chi connectivity index (χ4n) is 1.06. The van der Waals surface area contributed by atoms with Gasteiger partial charge in [-0.05, 0) is 6.42 Å². The van der Waals surface area contributed by atoms with Crippen LogP contribution in [-0.4, -0.2) is 53.4 Å². The van der Waals surface area contributed by atoms with Crippen molar-refractivity contribution in [1.82, 2.24) is 10.2 Å². The number of nitrogens with one attached hydrogen (secondary N) is 1. The fraction of sp³-hybridized carbons (Fsp3) is 0.778. The number of urea groups is 1. The van der Waals surface area contributed by atoms with Crippen LogP contribution in [0.25, 0.3) is 0 Å². The van der Waals surface area contributed by atoms with Gasteiger partial charge in [-0.1, -0.05) is 13.3 Å². The average Bonchev–Trinajstić information content (AvgIpc) is 2.17. The number of likely N-dealkylation sites (N-methyl/N-ethyl adjacent to an activating group) is 1. The summed E-state index contributed by atoms with van der Waals surface area (Å²) in [6.45, 7) is 1.89. The summed E-state index contributed by atoms with van der Waals surface area (Å²) in [7, 11) is 1.50. The minimum Gasteiger partial charge on any atom is -0.480 e. The molecule has 0 bridgehead atoms. The van der Waals surface area contributed by atoms with Crippen molar-refractivity contribution in [2.75, 3.05) is 20.2 Å². The highest BCUT2D eigenvalue weighted by molar-refractivity contribution is 5.82. The number of amides is 2. The molecule has 6 heteroatoms. The summed E-state index contributed by atoms with van der Waals surface area (Å²) in [6.07, 6.45) is 1.08. The number of carbonyl (C=O) groups excluding carboxylic acids is 1. The number of aliphatic hydroxyl groups excluding tert-OH is 1. The molecular weight excluding hydrogens is 200 g/mol. The van der Waals surface area contributed by atoms with E-state index in [0.717, 1.165) is 0 Å². The third kappa shape index (κ3) is 5.21. The summed E-state index contributed by atoms with van der Waals surface area (Å²) in [6, 6.07) is -1.34. The average molecular weight is 218 g/mol. The van der Waals surface area contributed by atoms with Gasteiger partial charge >= 0.3 is 12.0 Å². The van der Waals surface area contributed by atoms with Crippen LogP contribution in [0.15, 0.2) is 0 Å². The Balaban J connectivity index is 4.15. The smallest absolute Gasteiger partial charge is 0.326 e. The number of rotatable bonds is 6. The monoisotopic (exact) mass is 218 g/mol. The first kappa shape index (κ1) is 13.7. The van der Waals surface area contributed by atoms with Gasteiger partial charge in [-0.3, -0.25) is 0 Å².